The first-order chi connectivity index (χ1) is 6.38. The number of rotatable bonds is 1. The minimum atomic E-state index is 0.699. The summed E-state index contributed by atoms with van der Waals surface area (Å²) in [7, 11) is 0. The zero-order valence-electron chi connectivity index (χ0n) is 8.16. The van der Waals surface area contributed by atoms with Crippen LogP contribution in [0.15, 0.2) is 24.3 Å². The van der Waals surface area contributed by atoms with E-state index in [1.54, 1.807) is 0 Å². The van der Waals surface area contributed by atoms with Gasteiger partial charge < -0.3 is 4.90 Å². The smallest absolute Gasteiger partial charge is 0.0374 e. The molecule has 1 heterocycles. The number of nitrogens with zero attached hydrogens (tertiary/aromatic N) is 1. The first-order valence-corrected chi connectivity index (χ1v) is 5.10. The monoisotopic (exact) mass is 174 g/mol. The second-order valence-corrected chi connectivity index (χ2v) is 3.80. The van der Waals surface area contributed by atoms with E-state index in [-0.39, 0.29) is 0 Å². The van der Waals surface area contributed by atoms with Gasteiger partial charge in [0.15, 0.2) is 0 Å². The highest BCUT2D eigenvalue weighted by Gasteiger charge is 2.17. The van der Waals surface area contributed by atoms with Crippen LogP contribution in [0.25, 0.3) is 0 Å². The topological polar surface area (TPSA) is 3.24 Å². The fraction of sp³-hybridized carbons (Fsp3) is 0.500. The summed E-state index contributed by atoms with van der Waals surface area (Å²) in [6.45, 7) is 3.52. The Morgan fingerprint density at radius 2 is 2.38 bits per heavy atom. The Morgan fingerprint density at radius 1 is 1.46 bits per heavy atom. The first-order valence-electron chi connectivity index (χ1n) is 5.10. The van der Waals surface area contributed by atoms with Gasteiger partial charge in [-0.05, 0) is 44.4 Å². The molecule has 69 valence electrons. The molecular weight excluding hydrogens is 158 g/mol. The average molecular weight is 174 g/mol. The maximum Gasteiger partial charge on any atom is 0.0374 e. The zero-order chi connectivity index (χ0) is 9.10. The molecule has 1 nitrogen and oxygen atoms in total. The number of piperidine rings is 1. The van der Waals surface area contributed by atoms with Crippen molar-refractivity contribution in [1.82, 2.24) is 0 Å². The van der Waals surface area contributed by atoms with Crippen molar-refractivity contribution in [1.29, 1.82) is 0 Å². The summed E-state index contributed by atoms with van der Waals surface area (Å²) in [4.78, 5) is 2.49. The molecule has 1 atom stereocenters. The van der Waals surface area contributed by atoms with Crippen molar-refractivity contribution in [3.63, 3.8) is 0 Å². The van der Waals surface area contributed by atoms with Crippen LogP contribution in [0.2, 0.25) is 0 Å². The standard InChI is InChI=1S/C12H16N/c1-11-7-5-6-10-13(11)12-8-3-2-4-9-12/h2-3,8-9,11H,5-7,10H2,1H3/t11-/m1/s1. The van der Waals surface area contributed by atoms with Gasteiger partial charge in [-0.25, -0.2) is 0 Å². The molecule has 13 heavy (non-hydrogen) atoms. The van der Waals surface area contributed by atoms with Gasteiger partial charge in [0.2, 0.25) is 0 Å². The Morgan fingerprint density at radius 3 is 3.08 bits per heavy atom. The van der Waals surface area contributed by atoms with Crippen LogP contribution in [0.3, 0.4) is 0 Å². The van der Waals surface area contributed by atoms with Crippen LogP contribution < -0.4 is 4.90 Å². The Balaban J connectivity index is 2.15. The molecule has 1 heteroatoms. The molecule has 0 N–H and O–H groups in total. The van der Waals surface area contributed by atoms with E-state index in [0.717, 1.165) is 0 Å². The van der Waals surface area contributed by atoms with Crippen LogP contribution in [0.5, 0.6) is 0 Å². The highest BCUT2D eigenvalue weighted by molar-refractivity contribution is 5.46. The van der Waals surface area contributed by atoms with Crippen molar-refractivity contribution in [2.75, 3.05) is 11.4 Å². The molecule has 0 bridgehead atoms. The Kier molecular flexibility index (Phi) is 2.53. The maximum absolute atomic E-state index is 3.14. The van der Waals surface area contributed by atoms with Crippen molar-refractivity contribution in [3.8, 4) is 0 Å². The summed E-state index contributed by atoms with van der Waals surface area (Å²) in [5.74, 6) is 0. The molecule has 1 aromatic rings. The lowest BCUT2D eigenvalue weighted by Crippen LogP contribution is -2.37. The third-order valence-electron chi connectivity index (χ3n) is 2.83. The van der Waals surface area contributed by atoms with E-state index >= 15 is 0 Å². The normalized spacial score (nSPS) is 23.2. The fourth-order valence-corrected chi connectivity index (χ4v) is 2.04. The minimum absolute atomic E-state index is 0.699. The van der Waals surface area contributed by atoms with Crippen LogP contribution in [0.4, 0.5) is 5.69 Å². The van der Waals surface area contributed by atoms with E-state index in [9.17, 15) is 0 Å². The molecule has 1 radical (unpaired) electrons. The van der Waals surface area contributed by atoms with Gasteiger partial charge in [-0.15, -0.1) is 0 Å². The van der Waals surface area contributed by atoms with Gasteiger partial charge in [0.25, 0.3) is 0 Å². The van der Waals surface area contributed by atoms with Crippen LogP contribution >= 0.6 is 0 Å². The average Bonchev–Trinajstić information content (AvgIpc) is 2.20. The van der Waals surface area contributed by atoms with E-state index in [1.807, 2.05) is 6.07 Å². The van der Waals surface area contributed by atoms with E-state index in [2.05, 4.69) is 36.1 Å². The highest BCUT2D eigenvalue weighted by Crippen LogP contribution is 2.23. The van der Waals surface area contributed by atoms with Gasteiger partial charge in [0.05, 0.1) is 0 Å². The fourth-order valence-electron chi connectivity index (χ4n) is 2.04. The minimum Gasteiger partial charge on any atom is -0.369 e. The lowest BCUT2D eigenvalue weighted by atomic mass is 10.0. The van der Waals surface area contributed by atoms with Gasteiger partial charge in [0.1, 0.15) is 0 Å². The molecule has 1 aliphatic rings. The molecular formula is C12H16N. The van der Waals surface area contributed by atoms with Gasteiger partial charge in [-0.3, -0.25) is 0 Å². The molecule has 0 aromatic heterocycles. The molecule has 0 aliphatic carbocycles. The van der Waals surface area contributed by atoms with E-state index < -0.39 is 0 Å². The number of hydrogen-bond acceptors (Lipinski definition) is 1. The van der Waals surface area contributed by atoms with E-state index in [1.165, 1.54) is 31.5 Å². The van der Waals surface area contributed by atoms with Crippen molar-refractivity contribution >= 4 is 5.69 Å². The van der Waals surface area contributed by atoms with Crippen molar-refractivity contribution in [2.24, 2.45) is 0 Å². The SMILES string of the molecule is C[C@@H]1CCCCN1c1c[c]ccc1. The molecule has 0 unspecified atom stereocenters. The van der Waals surface area contributed by atoms with Gasteiger partial charge in [-0.1, -0.05) is 12.1 Å². The predicted molar refractivity (Wildman–Crippen MR) is 55.9 cm³/mol. The molecule has 0 spiro atoms. The van der Waals surface area contributed by atoms with Gasteiger partial charge in [0, 0.05) is 18.3 Å². The summed E-state index contributed by atoms with van der Waals surface area (Å²) in [5.41, 5.74) is 1.33. The lowest BCUT2D eigenvalue weighted by molar-refractivity contribution is 0.485. The van der Waals surface area contributed by atoms with Crippen LogP contribution in [0, 0.1) is 6.07 Å². The van der Waals surface area contributed by atoms with Gasteiger partial charge in [-0.2, -0.15) is 0 Å². The number of hydrogen-bond donors (Lipinski definition) is 0. The largest absolute Gasteiger partial charge is 0.369 e. The van der Waals surface area contributed by atoms with Crippen LogP contribution in [-0.4, -0.2) is 12.6 Å². The number of anilines is 1. The van der Waals surface area contributed by atoms with E-state index in [0.29, 0.717) is 6.04 Å². The Labute approximate surface area is 80.4 Å². The molecule has 1 saturated heterocycles. The molecule has 0 amide bonds. The quantitative estimate of drug-likeness (QED) is 0.632. The van der Waals surface area contributed by atoms with E-state index in [4.69, 9.17) is 0 Å². The van der Waals surface area contributed by atoms with Crippen molar-refractivity contribution in [2.45, 2.75) is 32.2 Å². The Bertz CT molecular complexity index is 255. The highest BCUT2D eigenvalue weighted by atomic mass is 15.2. The second-order valence-electron chi connectivity index (χ2n) is 3.80. The van der Waals surface area contributed by atoms with Crippen molar-refractivity contribution < 1.29 is 0 Å². The predicted octanol–water partition coefficient (Wildman–Crippen LogP) is 2.87. The molecule has 0 saturated carbocycles. The summed E-state index contributed by atoms with van der Waals surface area (Å²) < 4.78 is 0. The van der Waals surface area contributed by atoms with Crippen LogP contribution in [0.1, 0.15) is 26.2 Å². The molecule has 1 fully saturated rings. The summed E-state index contributed by atoms with van der Waals surface area (Å²) in [5, 5.41) is 0. The third-order valence-corrected chi connectivity index (χ3v) is 2.83. The van der Waals surface area contributed by atoms with Gasteiger partial charge >= 0.3 is 0 Å². The zero-order valence-corrected chi connectivity index (χ0v) is 8.16. The summed E-state index contributed by atoms with van der Waals surface area (Å²) in [6.07, 6.45) is 4.04. The third kappa shape index (κ3) is 1.85. The second kappa shape index (κ2) is 3.82. The summed E-state index contributed by atoms with van der Waals surface area (Å²) >= 11 is 0. The first kappa shape index (κ1) is 8.61. The summed E-state index contributed by atoms with van der Waals surface area (Å²) in [6, 6.07) is 12.1. The molecule has 1 aromatic carbocycles. The molecule has 1 aliphatic heterocycles. The van der Waals surface area contributed by atoms with Crippen LogP contribution in [-0.2, 0) is 0 Å². The maximum atomic E-state index is 3.14. The Hall–Kier alpha value is -0.980. The van der Waals surface area contributed by atoms with Crippen molar-refractivity contribution in [3.05, 3.63) is 30.3 Å². The number of benzene rings is 1. The lowest BCUT2D eigenvalue weighted by Gasteiger charge is -2.35. The molecule has 2 rings (SSSR count).